The molecule has 1 N–H and O–H groups in total. The lowest BCUT2D eigenvalue weighted by atomic mass is 10.0. The van der Waals surface area contributed by atoms with E-state index >= 15 is 0 Å². The van der Waals surface area contributed by atoms with Crippen LogP contribution in [0.5, 0.6) is 0 Å². The van der Waals surface area contributed by atoms with E-state index in [2.05, 4.69) is 15.8 Å². The summed E-state index contributed by atoms with van der Waals surface area (Å²) in [5.41, 5.74) is 2.62. The van der Waals surface area contributed by atoms with Crippen molar-refractivity contribution in [3.05, 3.63) is 23.0 Å². The van der Waals surface area contributed by atoms with Crippen molar-refractivity contribution in [1.82, 2.24) is 4.98 Å². The highest BCUT2D eigenvalue weighted by Crippen LogP contribution is 2.16. The Hall–Kier alpha value is -1.76. The van der Waals surface area contributed by atoms with E-state index in [9.17, 15) is 4.79 Å². The Morgan fingerprint density at radius 3 is 2.93 bits per heavy atom. The first-order valence-corrected chi connectivity index (χ1v) is 4.89. The molecule has 1 rings (SSSR count). The highest BCUT2D eigenvalue weighted by molar-refractivity contribution is 5.69. The Balaban J connectivity index is 2.74. The summed E-state index contributed by atoms with van der Waals surface area (Å²) in [6, 6.07) is 2.10. The van der Waals surface area contributed by atoms with Crippen LogP contribution in [0, 0.1) is 11.3 Å². The molecule has 0 radical (unpaired) electrons. The lowest BCUT2D eigenvalue weighted by Gasteiger charge is -2.00. The fourth-order valence-corrected chi connectivity index (χ4v) is 1.56. The largest absolute Gasteiger partial charge is 0.469 e. The zero-order valence-electron chi connectivity index (χ0n) is 8.96. The average Bonchev–Trinajstić information content (AvgIpc) is 2.67. The zero-order valence-corrected chi connectivity index (χ0v) is 8.96. The van der Waals surface area contributed by atoms with E-state index in [0.29, 0.717) is 18.5 Å². The molecular formula is C11H14N2O2. The maximum atomic E-state index is 11.0. The molecule has 4 nitrogen and oxygen atoms in total. The third kappa shape index (κ3) is 2.59. The van der Waals surface area contributed by atoms with Crippen LogP contribution in [-0.4, -0.2) is 18.1 Å². The number of H-pyrrole nitrogens is 1. The summed E-state index contributed by atoms with van der Waals surface area (Å²) in [6.07, 6.45) is 3.56. The van der Waals surface area contributed by atoms with Gasteiger partial charge in [0.05, 0.1) is 7.11 Å². The minimum absolute atomic E-state index is 0.225. The predicted octanol–water partition coefficient (Wildman–Crippen LogP) is 1.55. The van der Waals surface area contributed by atoms with Gasteiger partial charge in [0.2, 0.25) is 0 Å². The van der Waals surface area contributed by atoms with Gasteiger partial charge in [0.25, 0.3) is 0 Å². The number of ether oxygens (including phenoxy) is 1. The van der Waals surface area contributed by atoms with E-state index in [1.165, 1.54) is 7.11 Å². The van der Waals surface area contributed by atoms with Gasteiger partial charge in [-0.05, 0) is 24.0 Å². The Morgan fingerprint density at radius 2 is 2.40 bits per heavy atom. The van der Waals surface area contributed by atoms with Gasteiger partial charge in [0, 0.05) is 12.6 Å². The molecule has 0 aromatic carbocycles. The summed E-state index contributed by atoms with van der Waals surface area (Å²) in [5, 5.41) is 8.81. The molecule has 4 heteroatoms. The SMILES string of the molecule is CCc1c(CCC(=O)OC)c[nH]c1C#N. The molecular weight excluding hydrogens is 192 g/mol. The van der Waals surface area contributed by atoms with Crippen molar-refractivity contribution in [2.75, 3.05) is 7.11 Å². The average molecular weight is 206 g/mol. The minimum Gasteiger partial charge on any atom is -0.469 e. The molecule has 0 atom stereocenters. The second-order valence-corrected chi connectivity index (χ2v) is 3.21. The molecule has 80 valence electrons. The van der Waals surface area contributed by atoms with Crippen LogP contribution in [0.25, 0.3) is 0 Å². The molecule has 0 unspecified atom stereocenters. The second-order valence-electron chi connectivity index (χ2n) is 3.21. The third-order valence-electron chi connectivity index (χ3n) is 2.37. The molecule has 0 saturated heterocycles. The summed E-state index contributed by atoms with van der Waals surface area (Å²) >= 11 is 0. The molecule has 0 aliphatic rings. The Bertz CT molecular complexity index is 388. The highest BCUT2D eigenvalue weighted by atomic mass is 16.5. The van der Waals surface area contributed by atoms with Crippen molar-refractivity contribution in [2.24, 2.45) is 0 Å². The number of aromatic nitrogens is 1. The molecule has 0 amide bonds. The van der Waals surface area contributed by atoms with Crippen LogP contribution in [0.3, 0.4) is 0 Å². The van der Waals surface area contributed by atoms with Gasteiger partial charge >= 0.3 is 5.97 Å². The Morgan fingerprint density at radius 1 is 1.67 bits per heavy atom. The summed E-state index contributed by atoms with van der Waals surface area (Å²) in [5.74, 6) is -0.225. The van der Waals surface area contributed by atoms with E-state index in [4.69, 9.17) is 5.26 Å². The molecule has 1 heterocycles. The first kappa shape index (κ1) is 11.3. The van der Waals surface area contributed by atoms with E-state index in [1.807, 2.05) is 6.92 Å². The van der Waals surface area contributed by atoms with Gasteiger partial charge in [0.15, 0.2) is 0 Å². The lowest BCUT2D eigenvalue weighted by molar-refractivity contribution is -0.140. The monoisotopic (exact) mass is 206 g/mol. The van der Waals surface area contributed by atoms with Gasteiger partial charge < -0.3 is 9.72 Å². The number of nitrogens with zero attached hydrogens (tertiary/aromatic N) is 1. The fraction of sp³-hybridized carbons (Fsp3) is 0.455. The van der Waals surface area contributed by atoms with Crippen molar-refractivity contribution < 1.29 is 9.53 Å². The molecule has 0 bridgehead atoms. The van der Waals surface area contributed by atoms with Gasteiger partial charge in [0.1, 0.15) is 11.8 Å². The van der Waals surface area contributed by atoms with Crippen LogP contribution in [-0.2, 0) is 22.4 Å². The number of aromatic amines is 1. The topological polar surface area (TPSA) is 65.9 Å². The molecule has 1 aromatic heterocycles. The van der Waals surface area contributed by atoms with Gasteiger partial charge in [-0.3, -0.25) is 4.79 Å². The van der Waals surface area contributed by atoms with E-state index in [-0.39, 0.29) is 5.97 Å². The minimum atomic E-state index is -0.225. The number of hydrogen-bond acceptors (Lipinski definition) is 3. The zero-order chi connectivity index (χ0) is 11.3. The highest BCUT2D eigenvalue weighted by Gasteiger charge is 2.10. The molecule has 15 heavy (non-hydrogen) atoms. The molecule has 0 spiro atoms. The molecule has 0 saturated carbocycles. The second kappa shape index (κ2) is 5.20. The van der Waals surface area contributed by atoms with Crippen LogP contribution in [0.15, 0.2) is 6.20 Å². The fourth-order valence-electron chi connectivity index (χ4n) is 1.56. The quantitative estimate of drug-likeness (QED) is 0.760. The van der Waals surface area contributed by atoms with Crippen LogP contribution in [0.2, 0.25) is 0 Å². The lowest BCUT2D eigenvalue weighted by Crippen LogP contribution is -2.02. The number of carbonyl (C=O) groups is 1. The Labute approximate surface area is 88.9 Å². The van der Waals surface area contributed by atoms with E-state index < -0.39 is 0 Å². The van der Waals surface area contributed by atoms with Crippen molar-refractivity contribution >= 4 is 5.97 Å². The first-order valence-electron chi connectivity index (χ1n) is 4.89. The van der Waals surface area contributed by atoms with Crippen LogP contribution in [0.1, 0.15) is 30.2 Å². The number of methoxy groups -OCH3 is 1. The number of hydrogen-bond donors (Lipinski definition) is 1. The number of nitrogens with one attached hydrogen (secondary N) is 1. The maximum Gasteiger partial charge on any atom is 0.305 e. The summed E-state index contributed by atoms with van der Waals surface area (Å²) in [7, 11) is 1.38. The van der Waals surface area contributed by atoms with E-state index in [1.54, 1.807) is 6.20 Å². The van der Waals surface area contributed by atoms with Gasteiger partial charge in [-0.2, -0.15) is 5.26 Å². The number of esters is 1. The van der Waals surface area contributed by atoms with Gasteiger partial charge in [-0.1, -0.05) is 6.92 Å². The van der Waals surface area contributed by atoms with Crippen LogP contribution in [0.4, 0.5) is 0 Å². The Kier molecular flexibility index (Phi) is 3.92. The molecule has 0 aliphatic heterocycles. The van der Waals surface area contributed by atoms with Crippen LogP contribution < -0.4 is 0 Å². The molecule has 1 aromatic rings. The predicted molar refractivity (Wildman–Crippen MR) is 55.2 cm³/mol. The van der Waals surface area contributed by atoms with Crippen molar-refractivity contribution in [3.8, 4) is 6.07 Å². The number of aryl methyl sites for hydroxylation is 1. The standard InChI is InChI=1S/C11H14N2O2/c1-3-9-8(4-5-11(14)15-2)7-13-10(9)6-12/h7,13H,3-5H2,1-2H3. The smallest absolute Gasteiger partial charge is 0.305 e. The molecule has 0 fully saturated rings. The first-order chi connectivity index (χ1) is 7.22. The maximum absolute atomic E-state index is 11.0. The van der Waals surface area contributed by atoms with Crippen molar-refractivity contribution in [3.63, 3.8) is 0 Å². The summed E-state index contributed by atoms with van der Waals surface area (Å²) in [4.78, 5) is 13.9. The van der Waals surface area contributed by atoms with Crippen LogP contribution >= 0.6 is 0 Å². The number of carbonyl (C=O) groups excluding carboxylic acids is 1. The van der Waals surface area contributed by atoms with Gasteiger partial charge in [-0.15, -0.1) is 0 Å². The summed E-state index contributed by atoms with van der Waals surface area (Å²) in [6.45, 7) is 1.99. The third-order valence-corrected chi connectivity index (χ3v) is 2.37. The van der Waals surface area contributed by atoms with E-state index in [0.717, 1.165) is 17.5 Å². The van der Waals surface area contributed by atoms with Gasteiger partial charge in [-0.25, -0.2) is 0 Å². The molecule has 0 aliphatic carbocycles. The van der Waals surface area contributed by atoms with Crippen molar-refractivity contribution in [2.45, 2.75) is 26.2 Å². The van der Waals surface area contributed by atoms with Crippen molar-refractivity contribution in [1.29, 1.82) is 5.26 Å². The summed E-state index contributed by atoms with van der Waals surface area (Å²) < 4.78 is 4.56. The number of nitriles is 1. The number of rotatable bonds is 4. The normalized spacial score (nSPS) is 9.67.